The van der Waals surface area contributed by atoms with Gasteiger partial charge in [0.25, 0.3) is 5.69 Å². The maximum absolute atomic E-state index is 13.7. The van der Waals surface area contributed by atoms with Crippen molar-refractivity contribution in [2.75, 3.05) is 5.32 Å². The standard InChI is InChI=1S/C15H15FN2O3/c1-9-3-5-12(15(19)7-9)10(2)17-14-8-11(18(20)21)4-6-13(14)16/h3-8,10,17,19H,1-2H3. The summed E-state index contributed by atoms with van der Waals surface area (Å²) in [5, 5.41) is 23.5. The Morgan fingerprint density at radius 1 is 1.29 bits per heavy atom. The van der Waals surface area contributed by atoms with Crippen LogP contribution in [0, 0.1) is 22.9 Å². The van der Waals surface area contributed by atoms with Crippen molar-refractivity contribution in [3.8, 4) is 5.75 Å². The number of non-ortho nitro benzene ring substituents is 1. The van der Waals surface area contributed by atoms with Crippen molar-refractivity contribution in [1.29, 1.82) is 0 Å². The number of phenols is 1. The molecule has 2 aromatic rings. The van der Waals surface area contributed by atoms with Crippen molar-refractivity contribution in [2.45, 2.75) is 19.9 Å². The second-order valence-electron chi connectivity index (χ2n) is 4.85. The Morgan fingerprint density at radius 2 is 2.00 bits per heavy atom. The fourth-order valence-electron chi connectivity index (χ4n) is 2.07. The number of benzene rings is 2. The van der Waals surface area contributed by atoms with E-state index in [4.69, 9.17) is 0 Å². The van der Waals surface area contributed by atoms with Crippen LogP contribution in [0.4, 0.5) is 15.8 Å². The molecule has 0 aliphatic carbocycles. The maximum atomic E-state index is 13.7. The Hall–Kier alpha value is -2.63. The predicted molar refractivity (Wildman–Crippen MR) is 77.9 cm³/mol. The molecule has 0 aliphatic heterocycles. The first-order chi connectivity index (χ1) is 9.88. The predicted octanol–water partition coefficient (Wildman–Crippen LogP) is 3.92. The van der Waals surface area contributed by atoms with Crippen molar-refractivity contribution in [3.05, 3.63) is 63.5 Å². The summed E-state index contributed by atoms with van der Waals surface area (Å²) in [4.78, 5) is 10.1. The Bertz CT molecular complexity index is 689. The van der Waals surface area contributed by atoms with Crippen molar-refractivity contribution >= 4 is 11.4 Å². The average Bonchev–Trinajstić information content (AvgIpc) is 2.40. The van der Waals surface area contributed by atoms with Gasteiger partial charge >= 0.3 is 0 Å². The molecule has 0 spiro atoms. The van der Waals surface area contributed by atoms with Crippen LogP contribution < -0.4 is 5.32 Å². The molecule has 0 saturated carbocycles. The highest BCUT2D eigenvalue weighted by Gasteiger charge is 2.15. The quantitative estimate of drug-likeness (QED) is 0.661. The van der Waals surface area contributed by atoms with E-state index < -0.39 is 16.8 Å². The lowest BCUT2D eigenvalue weighted by molar-refractivity contribution is -0.384. The molecular formula is C15H15FN2O3. The fourth-order valence-corrected chi connectivity index (χ4v) is 2.07. The summed E-state index contributed by atoms with van der Waals surface area (Å²) in [6, 6.07) is 8.06. The SMILES string of the molecule is Cc1ccc(C(C)Nc2cc([N+](=O)[O-])ccc2F)c(O)c1. The van der Waals surface area contributed by atoms with E-state index in [-0.39, 0.29) is 17.1 Å². The number of hydrogen-bond acceptors (Lipinski definition) is 4. The number of aromatic hydroxyl groups is 1. The minimum absolute atomic E-state index is 0.0247. The van der Waals surface area contributed by atoms with Crippen LogP contribution in [0.3, 0.4) is 0 Å². The van der Waals surface area contributed by atoms with Gasteiger partial charge in [-0.1, -0.05) is 12.1 Å². The monoisotopic (exact) mass is 290 g/mol. The van der Waals surface area contributed by atoms with Gasteiger partial charge in [-0.3, -0.25) is 10.1 Å². The first-order valence-corrected chi connectivity index (χ1v) is 6.38. The molecule has 110 valence electrons. The molecule has 1 unspecified atom stereocenters. The molecule has 0 aromatic heterocycles. The Kier molecular flexibility index (Phi) is 4.07. The molecule has 2 aromatic carbocycles. The molecule has 6 heteroatoms. The summed E-state index contributed by atoms with van der Waals surface area (Å²) >= 11 is 0. The molecule has 1 atom stereocenters. The van der Waals surface area contributed by atoms with Crippen LogP contribution in [-0.2, 0) is 0 Å². The van der Waals surface area contributed by atoms with Crippen LogP contribution in [0.25, 0.3) is 0 Å². The largest absolute Gasteiger partial charge is 0.508 e. The Balaban J connectivity index is 2.28. The van der Waals surface area contributed by atoms with Crippen LogP contribution in [0.1, 0.15) is 24.1 Å². The van der Waals surface area contributed by atoms with Gasteiger partial charge in [0.1, 0.15) is 11.6 Å². The van der Waals surface area contributed by atoms with Crippen LogP contribution >= 0.6 is 0 Å². The van der Waals surface area contributed by atoms with Crippen molar-refractivity contribution in [1.82, 2.24) is 0 Å². The van der Waals surface area contributed by atoms with E-state index in [0.29, 0.717) is 5.56 Å². The molecule has 5 nitrogen and oxygen atoms in total. The summed E-state index contributed by atoms with van der Waals surface area (Å²) < 4.78 is 13.7. The zero-order valence-corrected chi connectivity index (χ0v) is 11.6. The van der Waals surface area contributed by atoms with Crippen molar-refractivity contribution < 1.29 is 14.4 Å². The fraction of sp³-hybridized carbons (Fsp3) is 0.200. The van der Waals surface area contributed by atoms with Gasteiger partial charge in [0.15, 0.2) is 0 Å². The Morgan fingerprint density at radius 3 is 2.62 bits per heavy atom. The topological polar surface area (TPSA) is 75.4 Å². The van der Waals surface area contributed by atoms with Crippen molar-refractivity contribution in [2.24, 2.45) is 0 Å². The lowest BCUT2D eigenvalue weighted by Crippen LogP contribution is -2.08. The molecule has 2 N–H and O–H groups in total. The minimum Gasteiger partial charge on any atom is -0.508 e. The lowest BCUT2D eigenvalue weighted by Gasteiger charge is -2.17. The Labute approximate surface area is 121 Å². The van der Waals surface area contributed by atoms with Crippen LogP contribution in [-0.4, -0.2) is 10.0 Å². The van der Waals surface area contributed by atoms with Crippen LogP contribution in [0.2, 0.25) is 0 Å². The molecular weight excluding hydrogens is 275 g/mol. The highest BCUT2D eigenvalue weighted by molar-refractivity contribution is 5.54. The third kappa shape index (κ3) is 3.28. The smallest absolute Gasteiger partial charge is 0.271 e. The molecule has 0 aliphatic rings. The van der Waals surface area contributed by atoms with E-state index in [0.717, 1.165) is 23.8 Å². The number of nitrogens with one attached hydrogen (secondary N) is 1. The molecule has 0 saturated heterocycles. The summed E-state index contributed by atoms with van der Waals surface area (Å²) in [7, 11) is 0. The molecule has 0 fully saturated rings. The maximum Gasteiger partial charge on any atom is 0.271 e. The van der Waals surface area contributed by atoms with Gasteiger partial charge in [-0.25, -0.2) is 4.39 Å². The third-order valence-corrected chi connectivity index (χ3v) is 3.19. The van der Waals surface area contributed by atoms with Gasteiger partial charge in [0, 0.05) is 17.7 Å². The van der Waals surface area contributed by atoms with Crippen LogP contribution in [0.5, 0.6) is 5.75 Å². The molecule has 2 rings (SSSR count). The average molecular weight is 290 g/mol. The number of nitro benzene ring substituents is 1. The number of nitro groups is 1. The van der Waals surface area contributed by atoms with Gasteiger partial charge in [0.2, 0.25) is 0 Å². The summed E-state index contributed by atoms with van der Waals surface area (Å²) in [5.41, 5.74) is 1.33. The minimum atomic E-state index is -0.585. The van der Waals surface area contributed by atoms with Crippen LogP contribution in [0.15, 0.2) is 36.4 Å². The molecule has 0 amide bonds. The van der Waals surface area contributed by atoms with Gasteiger partial charge in [0.05, 0.1) is 16.7 Å². The molecule has 21 heavy (non-hydrogen) atoms. The number of rotatable bonds is 4. The second kappa shape index (κ2) is 5.78. The number of anilines is 1. The van der Waals surface area contributed by atoms with Gasteiger partial charge in [-0.15, -0.1) is 0 Å². The van der Waals surface area contributed by atoms with E-state index in [1.165, 1.54) is 0 Å². The molecule has 0 bridgehead atoms. The van der Waals surface area contributed by atoms with Crippen molar-refractivity contribution in [3.63, 3.8) is 0 Å². The number of halogens is 1. The molecule has 0 radical (unpaired) electrons. The van der Waals surface area contributed by atoms with Gasteiger partial charge in [-0.05, 0) is 31.5 Å². The summed E-state index contributed by atoms with van der Waals surface area (Å²) in [6.45, 7) is 3.59. The first-order valence-electron chi connectivity index (χ1n) is 6.38. The molecule has 0 heterocycles. The van der Waals surface area contributed by atoms with E-state index in [9.17, 15) is 19.6 Å². The zero-order chi connectivity index (χ0) is 15.6. The third-order valence-electron chi connectivity index (χ3n) is 3.19. The number of aryl methyl sites for hydroxylation is 1. The van der Waals surface area contributed by atoms with E-state index in [1.54, 1.807) is 19.1 Å². The van der Waals surface area contributed by atoms with E-state index in [1.807, 2.05) is 13.0 Å². The summed E-state index contributed by atoms with van der Waals surface area (Å²) in [5.74, 6) is -0.486. The highest BCUT2D eigenvalue weighted by atomic mass is 19.1. The lowest BCUT2D eigenvalue weighted by atomic mass is 10.0. The van der Waals surface area contributed by atoms with E-state index >= 15 is 0 Å². The summed E-state index contributed by atoms with van der Waals surface area (Å²) in [6.07, 6.45) is 0. The normalized spacial score (nSPS) is 12.0. The second-order valence-corrected chi connectivity index (χ2v) is 4.85. The number of nitrogens with zero attached hydrogens (tertiary/aromatic N) is 1. The highest BCUT2D eigenvalue weighted by Crippen LogP contribution is 2.30. The van der Waals surface area contributed by atoms with E-state index in [2.05, 4.69) is 5.32 Å². The number of phenolic OH excluding ortho intramolecular Hbond substituents is 1. The number of hydrogen-bond donors (Lipinski definition) is 2. The van der Waals surface area contributed by atoms with Gasteiger partial charge in [-0.2, -0.15) is 0 Å². The van der Waals surface area contributed by atoms with Gasteiger partial charge < -0.3 is 10.4 Å². The first kappa shape index (κ1) is 14.8. The zero-order valence-electron chi connectivity index (χ0n) is 11.6.